The molecule has 1 fully saturated rings. The van der Waals surface area contributed by atoms with Crippen molar-refractivity contribution in [1.29, 1.82) is 0 Å². The highest BCUT2D eigenvalue weighted by Gasteiger charge is 2.33. The van der Waals surface area contributed by atoms with Gasteiger partial charge in [-0.15, -0.1) is 0 Å². The lowest BCUT2D eigenvalue weighted by molar-refractivity contribution is -0.137. The average Bonchev–Trinajstić information content (AvgIpc) is 3.01. The molecule has 2 nitrogen and oxygen atoms in total. The van der Waals surface area contributed by atoms with Crippen molar-refractivity contribution in [3.8, 4) is 11.1 Å². The Bertz CT molecular complexity index is 631. The summed E-state index contributed by atoms with van der Waals surface area (Å²) >= 11 is 0. The minimum atomic E-state index is -4.41. The summed E-state index contributed by atoms with van der Waals surface area (Å²) in [5.41, 5.74) is -0.0625. The van der Waals surface area contributed by atoms with E-state index in [4.69, 9.17) is 0 Å². The number of hydrogen-bond acceptors (Lipinski definition) is 2. The van der Waals surface area contributed by atoms with E-state index in [1.807, 2.05) is 0 Å². The normalized spacial score (nSPS) is 15.5. The molecule has 1 radical (unpaired) electrons. The molecule has 0 saturated carbocycles. The molecule has 2 heterocycles. The van der Waals surface area contributed by atoms with E-state index >= 15 is 0 Å². The lowest BCUT2D eigenvalue weighted by Gasteiger charge is -2.18. The standard InChI is InChI=1S/C16H14F3N2/c17-16(18,19)14-6-2-1-5-13(14)12-7-8-20-15(11-12)21-9-3-4-10-21/h1-2,5,7-8,11H,3-4,9-10H2. The van der Waals surface area contributed by atoms with Gasteiger partial charge in [0, 0.05) is 19.3 Å². The highest BCUT2D eigenvalue weighted by Crippen LogP contribution is 2.37. The van der Waals surface area contributed by atoms with Gasteiger partial charge in [-0.2, -0.15) is 13.2 Å². The van der Waals surface area contributed by atoms with Crippen molar-refractivity contribution in [2.24, 2.45) is 0 Å². The zero-order valence-corrected chi connectivity index (χ0v) is 11.3. The summed E-state index contributed by atoms with van der Waals surface area (Å²) in [5, 5.41) is 0. The van der Waals surface area contributed by atoms with Crippen molar-refractivity contribution in [3.63, 3.8) is 0 Å². The number of benzene rings is 1. The average molecular weight is 291 g/mol. The first kappa shape index (κ1) is 13.9. The van der Waals surface area contributed by atoms with E-state index < -0.39 is 11.7 Å². The Balaban J connectivity index is 2.03. The SMILES string of the molecule is FC(F)(F)c1[c]cccc1-c1ccnc(N2CCCC2)c1. The maximum Gasteiger partial charge on any atom is 0.417 e. The van der Waals surface area contributed by atoms with Crippen LogP contribution in [0.1, 0.15) is 18.4 Å². The molecule has 1 aromatic carbocycles. The smallest absolute Gasteiger partial charge is 0.357 e. The summed E-state index contributed by atoms with van der Waals surface area (Å²) in [6.45, 7) is 1.81. The lowest BCUT2D eigenvalue weighted by Crippen LogP contribution is -2.18. The Hall–Kier alpha value is -2.04. The highest BCUT2D eigenvalue weighted by atomic mass is 19.4. The molecule has 109 valence electrons. The Kier molecular flexibility index (Phi) is 3.57. The monoisotopic (exact) mass is 291 g/mol. The van der Waals surface area contributed by atoms with Crippen LogP contribution in [0, 0.1) is 6.07 Å². The Morgan fingerprint density at radius 1 is 1.14 bits per heavy atom. The summed E-state index contributed by atoms with van der Waals surface area (Å²) in [6.07, 6.45) is -0.651. The number of rotatable bonds is 2. The van der Waals surface area contributed by atoms with Crippen molar-refractivity contribution < 1.29 is 13.2 Å². The number of pyridine rings is 1. The fourth-order valence-electron chi connectivity index (χ4n) is 2.62. The Morgan fingerprint density at radius 2 is 1.90 bits per heavy atom. The fraction of sp³-hybridized carbons (Fsp3) is 0.312. The van der Waals surface area contributed by atoms with Crippen LogP contribution < -0.4 is 4.90 Å². The minimum absolute atomic E-state index is 0.146. The Morgan fingerprint density at radius 3 is 2.62 bits per heavy atom. The molecule has 0 amide bonds. The van der Waals surface area contributed by atoms with Crippen LogP contribution in [0.25, 0.3) is 11.1 Å². The van der Waals surface area contributed by atoms with Crippen LogP contribution in [0.2, 0.25) is 0 Å². The van der Waals surface area contributed by atoms with Gasteiger partial charge in [-0.1, -0.05) is 18.2 Å². The number of anilines is 1. The summed E-state index contributed by atoms with van der Waals surface area (Å²) in [7, 11) is 0. The van der Waals surface area contributed by atoms with Gasteiger partial charge in [-0.05, 0) is 42.2 Å². The molecule has 0 N–H and O–H groups in total. The molecule has 0 atom stereocenters. The number of hydrogen-bond donors (Lipinski definition) is 0. The molecular formula is C16H14F3N2. The van der Waals surface area contributed by atoms with Gasteiger partial charge < -0.3 is 4.90 Å². The van der Waals surface area contributed by atoms with Gasteiger partial charge in [0.15, 0.2) is 0 Å². The summed E-state index contributed by atoms with van der Waals surface area (Å²) in [4.78, 5) is 6.37. The second kappa shape index (κ2) is 5.39. The topological polar surface area (TPSA) is 16.1 Å². The van der Waals surface area contributed by atoms with E-state index in [1.54, 1.807) is 24.4 Å². The number of nitrogens with zero attached hydrogens (tertiary/aromatic N) is 2. The van der Waals surface area contributed by atoms with Gasteiger partial charge in [-0.25, -0.2) is 4.98 Å². The molecule has 1 aliphatic heterocycles. The molecule has 21 heavy (non-hydrogen) atoms. The van der Waals surface area contributed by atoms with Crippen LogP contribution in [0.15, 0.2) is 36.5 Å². The van der Waals surface area contributed by atoms with Crippen molar-refractivity contribution in [1.82, 2.24) is 4.98 Å². The van der Waals surface area contributed by atoms with Crippen molar-refractivity contribution in [2.75, 3.05) is 18.0 Å². The first-order chi connectivity index (χ1) is 10.1. The third-order valence-electron chi connectivity index (χ3n) is 3.63. The van der Waals surface area contributed by atoms with Gasteiger partial charge >= 0.3 is 6.18 Å². The molecular weight excluding hydrogens is 277 g/mol. The molecule has 0 unspecified atom stereocenters. The van der Waals surface area contributed by atoms with E-state index in [0.29, 0.717) is 5.56 Å². The predicted molar refractivity (Wildman–Crippen MR) is 75.0 cm³/mol. The van der Waals surface area contributed by atoms with Crippen molar-refractivity contribution in [3.05, 3.63) is 48.2 Å². The van der Waals surface area contributed by atoms with Crippen LogP contribution >= 0.6 is 0 Å². The number of alkyl halides is 3. The zero-order chi connectivity index (χ0) is 14.9. The van der Waals surface area contributed by atoms with Gasteiger partial charge in [0.25, 0.3) is 0 Å². The predicted octanol–water partition coefficient (Wildman–Crippen LogP) is 4.17. The molecule has 1 aliphatic rings. The zero-order valence-electron chi connectivity index (χ0n) is 11.3. The van der Waals surface area contributed by atoms with Crippen LogP contribution in [0.5, 0.6) is 0 Å². The van der Waals surface area contributed by atoms with Crippen LogP contribution in [-0.4, -0.2) is 18.1 Å². The number of aromatic nitrogens is 1. The van der Waals surface area contributed by atoms with E-state index in [-0.39, 0.29) is 5.56 Å². The van der Waals surface area contributed by atoms with Crippen molar-refractivity contribution in [2.45, 2.75) is 19.0 Å². The molecule has 2 aromatic rings. The second-order valence-corrected chi connectivity index (χ2v) is 5.05. The van der Waals surface area contributed by atoms with E-state index in [1.165, 1.54) is 12.1 Å². The number of halogens is 3. The maximum absolute atomic E-state index is 13.1. The van der Waals surface area contributed by atoms with E-state index in [9.17, 15) is 13.2 Å². The van der Waals surface area contributed by atoms with E-state index in [0.717, 1.165) is 31.7 Å². The molecule has 1 aromatic heterocycles. The summed E-state index contributed by atoms with van der Waals surface area (Å²) in [6, 6.07) is 9.97. The highest BCUT2D eigenvalue weighted by molar-refractivity contribution is 5.70. The van der Waals surface area contributed by atoms with Crippen molar-refractivity contribution >= 4 is 5.82 Å². The summed E-state index contributed by atoms with van der Waals surface area (Å²) in [5.74, 6) is 0.738. The molecule has 0 bridgehead atoms. The van der Waals surface area contributed by atoms with Crippen LogP contribution in [-0.2, 0) is 6.18 Å². The molecule has 0 aliphatic carbocycles. The van der Waals surface area contributed by atoms with Gasteiger partial charge in [0.2, 0.25) is 0 Å². The second-order valence-electron chi connectivity index (χ2n) is 5.05. The maximum atomic E-state index is 13.1. The molecule has 3 rings (SSSR count). The lowest BCUT2D eigenvalue weighted by atomic mass is 10.00. The van der Waals surface area contributed by atoms with Crippen LogP contribution in [0.3, 0.4) is 0 Å². The molecule has 0 spiro atoms. The molecule has 5 heteroatoms. The first-order valence-corrected chi connectivity index (χ1v) is 6.85. The van der Waals surface area contributed by atoms with Crippen LogP contribution in [0.4, 0.5) is 19.0 Å². The Labute approximate surface area is 121 Å². The van der Waals surface area contributed by atoms with Gasteiger partial charge in [0.1, 0.15) is 5.82 Å². The third kappa shape index (κ3) is 2.86. The quantitative estimate of drug-likeness (QED) is 0.825. The first-order valence-electron chi connectivity index (χ1n) is 6.85. The van der Waals surface area contributed by atoms with E-state index in [2.05, 4.69) is 16.0 Å². The largest absolute Gasteiger partial charge is 0.417 e. The third-order valence-corrected chi connectivity index (χ3v) is 3.63. The molecule has 1 saturated heterocycles. The fourth-order valence-corrected chi connectivity index (χ4v) is 2.62. The summed E-state index contributed by atoms with van der Waals surface area (Å²) < 4.78 is 39.2. The van der Waals surface area contributed by atoms with Gasteiger partial charge in [0.05, 0.1) is 5.56 Å². The van der Waals surface area contributed by atoms with Gasteiger partial charge in [-0.3, -0.25) is 0 Å². The minimum Gasteiger partial charge on any atom is -0.357 e.